The first kappa shape index (κ1) is 24.0. The molecule has 0 atom stereocenters. The van der Waals surface area contributed by atoms with Gasteiger partial charge in [-0.2, -0.15) is 0 Å². The van der Waals surface area contributed by atoms with Gasteiger partial charge in [0.05, 0.1) is 12.8 Å². The van der Waals surface area contributed by atoms with Crippen LogP contribution in [0.4, 0.5) is 5.69 Å². The molecule has 0 unspecified atom stereocenters. The van der Waals surface area contributed by atoms with Gasteiger partial charge in [0.1, 0.15) is 22.8 Å². The molecule has 0 bridgehead atoms. The number of hydrogen-bond donors (Lipinski definition) is 1. The predicted molar refractivity (Wildman–Crippen MR) is 148 cm³/mol. The lowest BCUT2D eigenvalue weighted by molar-refractivity contribution is -0.122. The highest BCUT2D eigenvalue weighted by molar-refractivity contribution is 7.80. The Morgan fingerprint density at radius 1 is 0.784 bits per heavy atom. The third-order valence-electron chi connectivity index (χ3n) is 5.82. The standard InChI is InChI=1S/C30H22N2O4S/c1-35-27-10-6-5-9-25(27)21-13-11-20(12-14-21)19-26-28(33)31-30(37)32(29(26)34)22-15-17-24(18-16-22)36-23-7-3-2-4-8-23/h2-19H,1H3,(H,31,33,37)/b26-19+. The Hall–Kier alpha value is -4.75. The van der Waals surface area contributed by atoms with Crippen molar-refractivity contribution in [2.24, 2.45) is 0 Å². The van der Waals surface area contributed by atoms with Gasteiger partial charge in [-0.25, -0.2) is 0 Å². The number of ether oxygens (including phenoxy) is 2. The quantitative estimate of drug-likeness (QED) is 0.198. The number of anilines is 1. The number of methoxy groups -OCH3 is 1. The molecule has 4 aromatic rings. The van der Waals surface area contributed by atoms with Crippen molar-refractivity contribution in [2.75, 3.05) is 12.0 Å². The summed E-state index contributed by atoms with van der Waals surface area (Å²) in [5, 5.41) is 2.64. The summed E-state index contributed by atoms with van der Waals surface area (Å²) < 4.78 is 11.3. The molecule has 1 aliphatic heterocycles. The summed E-state index contributed by atoms with van der Waals surface area (Å²) in [6.45, 7) is 0. The zero-order valence-corrected chi connectivity index (χ0v) is 20.7. The second-order valence-electron chi connectivity index (χ2n) is 8.19. The smallest absolute Gasteiger partial charge is 0.270 e. The van der Waals surface area contributed by atoms with E-state index in [2.05, 4.69) is 5.32 Å². The summed E-state index contributed by atoms with van der Waals surface area (Å²) in [5.41, 5.74) is 3.12. The van der Waals surface area contributed by atoms with Crippen LogP contribution in [-0.2, 0) is 9.59 Å². The second-order valence-corrected chi connectivity index (χ2v) is 8.58. The maximum Gasteiger partial charge on any atom is 0.270 e. The minimum absolute atomic E-state index is 0.0109. The number of nitrogens with zero attached hydrogens (tertiary/aromatic N) is 1. The van der Waals surface area contributed by atoms with E-state index in [1.165, 1.54) is 4.90 Å². The average Bonchev–Trinajstić information content (AvgIpc) is 2.93. The molecule has 1 saturated heterocycles. The maximum absolute atomic E-state index is 13.4. The predicted octanol–water partition coefficient (Wildman–Crippen LogP) is 5.99. The van der Waals surface area contributed by atoms with Crippen LogP contribution >= 0.6 is 12.2 Å². The van der Waals surface area contributed by atoms with Crippen molar-refractivity contribution in [1.29, 1.82) is 0 Å². The van der Waals surface area contributed by atoms with Gasteiger partial charge in [0.15, 0.2) is 5.11 Å². The normalized spacial score (nSPS) is 14.5. The highest BCUT2D eigenvalue weighted by Gasteiger charge is 2.34. The van der Waals surface area contributed by atoms with Gasteiger partial charge in [0.25, 0.3) is 11.8 Å². The zero-order chi connectivity index (χ0) is 25.8. The summed E-state index contributed by atoms with van der Waals surface area (Å²) in [6.07, 6.45) is 1.56. The van der Waals surface area contributed by atoms with Crippen LogP contribution in [0.15, 0.2) is 109 Å². The van der Waals surface area contributed by atoms with Crippen molar-refractivity contribution >= 4 is 40.9 Å². The fourth-order valence-electron chi connectivity index (χ4n) is 3.99. The molecule has 182 valence electrons. The van der Waals surface area contributed by atoms with E-state index in [4.69, 9.17) is 21.7 Å². The molecule has 1 fully saturated rings. The first-order chi connectivity index (χ1) is 18.0. The van der Waals surface area contributed by atoms with Crippen molar-refractivity contribution < 1.29 is 19.1 Å². The van der Waals surface area contributed by atoms with Crippen LogP contribution in [0.5, 0.6) is 17.2 Å². The Kier molecular flexibility index (Phi) is 6.78. The topological polar surface area (TPSA) is 67.9 Å². The Balaban J connectivity index is 1.38. The van der Waals surface area contributed by atoms with Crippen molar-refractivity contribution in [3.05, 3.63) is 114 Å². The van der Waals surface area contributed by atoms with Crippen molar-refractivity contribution in [3.8, 4) is 28.4 Å². The number of thiocarbonyl (C=S) groups is 1. The number of carbonyl (C=O) groups excluding carboxylic acids is 2. The van der Waals surface area contributed by atoms with E-state index in [1.54, 1.807) is 37.5 Å². The van der Waals surface area contributed by atoms with E-state index in [0.717, 1.165) is 16.9 Å². The highest BCUT2D eigenvalue weighted by atomic mass is 32.1. The van der Waals surface area contributed by atoms with Crippen LogP contribution in [-0.4, -0.2) is 24.0 Å². The maximum atomic E-state index is 13.4. The van der Waals surface area contributed by atoms with Gasteiger partial charge in [-0.1, -0.05) is 60.7 Å². The van der Waals surface area contributed by atoms with E-state index in [1.807, 2.05) is 78.9 Å². The van der Waals surface area contributed by atoms with Gasteiger partial charge >= 0.3 is 0 Å². The summed E-state index contributed by atoms with van der Waals surface area (Å²) in [6, 6.07) is 31.6. The fourth-order valence-corrected chi connectivity index (χ4v) is 4.27. The van der Waals surface area contributed by atoms with E-state index in [-0.39, 0.29) is 10.7 Å². The number of rotatable bonds is 6. The zero-order valence-electron chi connectivity index (χ0n) is 19.9. The molecule has 0 spiro atoms. The fraction of sp³-hybridized carbons (Fsp3) is 0.0333. The van der Waals surface area contributed by atoms with Crippen LogP contribution < -0.4 is 19.7 Å². The van der Waals surface area contributed by atoms with Gasteiger partial charge in [0, 0.05) is 5.56 Å². The van der Waals surface area contributed by atoms with Gasteiger partial charge in [-0.05, 0) is 71.9 Å². The Morgan fingerprint density at radius 3 is 2.14 bits per heavy atom. The van der Waals surface area contributed by atoms with E-state index < -0.39 is 11.8 Å². The van der Waals surface area contributed by atoms with Gasteiger partial charge in [-0.3, -0.25) is 19.8 Å². The number of para-hydroxylation sites is 2. The molecular formula is C30H22N2O4S. The number of nitrogens with one attached hydrogen (secondary N) is 1. The molecule has 2 amide bonds. The summed E-state index contributed by atoms with van der Waals surface area (Å²) in [5.74, 6) is 1.04. The molecule has 7 heteroatoms. The number of hydrogen-bond acceptors (Lipinski definition) is 5. The lowest BCUT2D eigenvalue weighted by Crippen LogP contribution is -2.54. The molecule has 0 saturated carbocycles. The number of amides is 2. The molecule has 0 radical (unpaired) electrons. The summed E-state index contributed by atoms with van der Waals surface area (Å²) in [4.78, 5) is 27.3. The van der Waals surface area contributed by atoms with Crippen LogP contribution in [0.1, 0.15) is 5.56 Å². The van der Waals surface area contributed by atoms with Crippen LogP contribution in [0.25, 0.3) is 17.2 Å². The van der Waals surface area contributed by atoms with E-state index in [0.29, 0.717) is 22.7 Å². The third-order valence-corrected chi connectivity index (χ3v) is 6.10. The Morgan fingerprint density at radius 2 is 1.43 bits per heavy atom. The molecule has 1 heterocycles. The number of carbonyl (C=O) groups is 2. The van der Waals surface area contributed by atoms with E-state index in [9.17, 15) is 9.59 Å². The van der Waals surface area contributed by atoms with Crippen molar-refractivity contribution in [1.82, 2.24) is 5.32 Å². The lowest BCUT2D eigenvalue weighted by atomic mass is 10.0. The van der Waals surface area contributed by atoms with Gasteiger partial charge in [-0.15, -0.1) is 0 Å². The summed E-state index contributed by atoms with van der Waals surface area (Å²) >= 11 is 5.32. The lowest BCUT2D eigenvalue weighted by Gasteiger charge is -2.29. The van der Waals surface area contributed by atoms with Gasteiger partial charge < -0.3 is 9.47 Å². The Bertz CT molecular complexity index is 1500. The van der Waals surface area contributed by atoms with Crippen molar-refractivity contribution in [2.45, 2.75) is 0 Å². The molecule has 1 aliphatic rings. The first-order valence-corrected chi connectivity index (χ1v) is 11.9. The molecule has 1 N–H and O–H groups in total. The van der Waals surface area contributed by atoms with Crippen LogP contribution in [0.3, 0.4) is 0 Å². The largest absolute Gasteiger partial charge is 0.496 e. The SMILES string of the molecule is COc1ccccc1-c1ccc(/C=C2\C(=O)NC(=S)N(c3ccc(Oc4ccccc4)cc3)C2=O)cc1. The molecule has 0 aromatic heterocycles. The first-order valence-electron chi connectivity index (χ1n) is 11.5. The van der Waals surface area contributed by atoms with Gasteiger partial charge in [0.2, 0.25) is 0 Å². The summed E-state index contributed by atoms with van der Waals surface area (Å²) in [7, 11) is 1.63. The monoisotopic (exact) mass is 506 g/mol. The highest BCUT2D eigenvalue weighted by Crippen LogP contribution is 2.30. The van der Waals surface area contributed by atoms with Crippen molar-refractivity contribution in [3.63, 3.8) is 0 Å². The average molecular weight is 507 g/mol. The third kappa shape index (κ3) is 5.12. The number of benzene rings is 4. The molecule has 6 nitrogen and oxygen atoms in total. The molecule has 37 heavy (non-hydrogen) atoms. The molecule has 5 rings (SSSR count). The molecule has 4 aromatic carbocycles. The molecule has 0 aliphatic carbocycles. The van der Waals surface area contributed by atoms with Crippen LogP contribution in [0.2, 0.25) is 0 Å². The van der Waals surface area contributed by atoms with Crippen LogP contribution in [0, 0.1) is 0 Å². The minimum Gasteiger partial charge on any atom is -0.496 e. The Labute approximate surface area is 219 Å². The molecular weight excluding hydrogens is 484 g/mol. The second kappa shape index (κ2) is 10.5. The minimum atomic E-state index is -0.538. The van der Waals surface area contributed by atoms with E-state index >= 15 is 0 Å².